The molecule has 0 aliphatic rings. The quantitative estimate of drug-likeness (QED) is 0.720. The second-order valence-corrected chi connectivity index (χ2v) is 3.30. The average molecular weight is 242 g/mol. The number of hydrogen-bond donors (Lipinski definition) is 2. The Hall–Kier alpha value is -0.640. The molecule has 13 heavy (non-hydrogen) atoms. The number of amides is 2. The van der Waals surface area contributed by atoms with Gasteiger partial charge in [-0.05, 0) is 18.2 Å². The van der Waals surface area contributed by atoms with Crippen molar-refractivity contribution in [3.05, 3.63) is 33.3 Å². The highest BCUT2D eigenvalue weighted by atomic mass is 35.5. The Morgan fingerprint density at radius 2 is 1.08 bits per heavy atom. The number of nitrogens with two attached hydrogens (primary N) is 2. The van der Waals surface area contributed by atoms with Gasteiger partial charge in [0, 0.05) is 15.1 Å². The summed E-state index contributed by atoms with van der Waals surface area (Å²) in [5, 5.41) is 1.69. The Labute approximate surface area is 90.6 Å². The lowest BCUT2D eigenvalue weighted by Gasteiger charge is -1.91. The molecule has 0 bridgehead atoms. The molecular weight excluding hydrogens is 234 g/mol. The molecule has 0 aromatic heterocycles. The van der Waals surface area contributed by atoms with Crippen LogP contribution in [0.1, 0.15) is 0 Å². The summed E-state index contributed by atoms with van der Waals surface area (Å²) in [4.78, 5) is 9.00. The maximum absolute atomic E-state index is 9.00. The molecular formula is C7H7Cl3N2O. The van der Waals surface area contributed by atoms with Gasteiger partial charge in [-0.2, -0.15) is 0 Å². The summed E-state index contributed by atoms with van der Waals surface area (Å²) in [7, 11) is 0. The van der Waals surface area contributed by atoms with Gasteiger partial charge in [-0.3, -0.25) is 0 Å². The van der Waals surface area contributed by atoms with Gasteiger partial charge in [0.25, 0.3) is 0 Å². The molecule has 0 radical (unpaired) electrons. The van der Waals surface area contributed by atoms with Crippen LogP contribution < -0.4 is 11.5 Å². The van der Waals surface area contributed by atoms with Gasteiger partial charge < -0.3 is 11.5 Å². The van der Waals surface area contributed by atoms with E-state index < -0.39 is 6.03 Å². The second kappa shape index (κ2) is 5.91. The number of halogens is 3. The number of hydrogen-bond acceptors (Lipinski definition) is 1. The third kappa shape index (κ3) is 7.71. The number of carbonyl (C=O) groups is 1. The third-order valence-corrected chi connectivity index (χ3v) is 1.48. The summed E-state index contributed by atoms with van der Waals surface area (Å²) >= 11 is 16.7. The molecule has 0 unspecified atom stereocenters. The molecule has 6 heteroatoms. The van der Waals surface area contributed by atoms with E-state index in [1.807, 2.05) is 0 Å². The topological polar surface area (TPSA) is 69.1 Å². The summed E-state index contributed by atoms with van der Waals surface area (Å²) in [6.07, 6.45) is 0. The second-order valence-electron chi connectivity index (χ2n) is 1.99. The van der Waals surface area contributed by atoms with Gasteiger partial charge in [-0.1, -0.05) is 34.8 Å². The molecule has 0 heterocycles. The van der Waals surface area contributed by atoms with E-state index in [1.165, 1.54) is 0 Å². The van der Waals surface area contributed by atoms with Crippen molar-refractivity contribution in [1.82, 2.24) is 0 Å². The van der Waals surface area contributed by atoms with Crippen LogP contribution in [0.25, 0.3) is 0 Å². The van der Waals surface area contributed by atoms with Crippen molar-refractivity contribution in [3.63, 3.8) is 0 Å². The summed E-state index contributed by atoms with van der Waals surface area (Å²) < 4.78 is 0. The molecule has 0 aliphatic carbocycles. The van der Waals surface area contributed by atoms with E-state index in [4.69, 9.17) is 39.6 Å². The first-order chi connectivity index (χ1) is 5.91. The van der Waals surface area contributed by atoms with Crippen molar-refractivity contribution in [1.29, 1.82) is 0 Å². The summed E-state index contributed by atoms with van der Waals surface area (Å²) in [6.45, 7) is 0. The van der Waals surface area contributed by atoms with Crippen LogP contribution in [-0.2, 0) is 0 Å². The molecule has 2 amide bonds. The SMILES string of the molecule is Clc1cc(Cl)cc(Cl)c1.NC(N)=O. The molecule has 0 spiro atoms. The van der Waals surface area contributed by atoms with Crippen LogP contribution in [0.4, 0.5) is 4.79 Å². The van der Waals surface area contributed by atoms with Gasteiger partial charge in [0.15, 0.2) is 0 Å². The number of urea groups is 1. The van der Waals surface area contributed by atoms with E-state index in [0.717, 1.165) is 0 Å². The average Bonchev–Trinajstić information content (AvgIpc) is 1.80. The van der Waals surface area contributed by atoms with Crippen LogP contribution in [0.2, 0.25) is 15.1 Å². The molecule has 72 valence electrons. The van der Waals surface area contributed by atoms with Crippen molar-refractivity contribution < 1.29 is 4.79 Å². The maximum atomic E-state index is 9.00. The van der Waals surface area contributed by atoms with Crippen LogP contribution in [0.3, 0.4) is 0 Å². The monoisotopic (exact) mass is 240 g/mol. The summed E-state index contributed by atoms with van der Waals surface area (Å²) in [5.74, 6) is 0. The van der Waals surface area contributed by atoms with E-state index in [1.54, 1.807) is 18.2 Å². The van der Waals surface area contributed by atoms with Gasteiger partial charge in [0.05, 0.1) is 0 Å². The first-order valence-corrected chi connectivity index (χ1v) is 4.21. The number of primary amides is 2. The molecule has 1 rings (SSSR count). The number of rotatable bonds is 0. The first-order valence-electron chi connectivity index (χ1n) is 3.08. The highest BCUT2D eigenvalue weighted by molar-refractivity contribution is 6.38. The Balaban J connectivity index is 0.000000310. The summed E-state index contributed by atoms with van der Waals surface area (Å²) in [6, 6.07) is 4.07. The zero-order chi connectivity index (χ0) is 10.4. The van der Waals surface area contributed by atoms with Gasteiger partial charge >= 0.3 is 6.03 Å². The standard InChI is InChI=1S/C6H3Cl3.CH4N2O/c7-4-1-5(8)3-6(9)2-4;2-1(3)4/h1-3H;(H4,2,3,4). The van der Waals surface area contributed by atoms with Crippen molar-refractivity contribution in [2.24, 2.45) is 11.5 Å². The lowest BCUT2D eigenvalue weighted by Crippen LogP contribution is -2.18. The number of carbonyl (C=O) groups excluding carboxylic acids is 1. The molecule has 1 aromatic rings. The van der Waals surface area contributed by atoms with Crippen molar-refractivity contribution in [2.75, 3.05) is 0 Å². The van der Waals surface area contributed by atoms with Crippen LogP contribution in [0, 0.1) is 0 Å². The maximum Gasteiger partial charge on any atom is 0.309 e. The van der Waals surface area contributed by atoms with E-state index in [9.17, 15) is 0 Å². The molecule has 0 aliphatic heterocycles. The fraction of sp³-hybridized carbons (Fsp3) is 0. The summed E-state index contributed by atoms with van der Waals surface area (Å²) in [5.41, 5.74) is 8.50. The normalized spacial score (nSPS) is 8.54. The first kappa shape index (κ1) is 12.4. The van der Waals surface area contributed by atoms with Crippen molar-refractivity contribution >= 4 is 40.8 Å². The van der Waals surface area contributed by atoms with Gasteiger partial charge in [-0.25, -0.2) is 4.79 Å². The minimum atomic E-state index is -0.833. The number of benzene rings is 1. The predicted molar refractivity (Wildman–Crippen MR) is 55.2 cm³/mol. The highest BCUT2D eigenvalue weighted by Gasteiger charge is 1.92. The lowest BCUT2D eigenvalue weighted by molar-refractivity contribution is 0.256. The molecule has 1 aromatic carbocycles. The molecule has 3 nitrogen and oxygen atoms in total. The molecule has 0 saturated heterocycles. The fourth-order valence-electron chi connectivity index (χ4n) is 0.520. The van der Waals surface area contributed by atoms with Crippen molar-refractivity contribution in [3.8, 4) is 0 Å². The largest absolute Gasteiger partial charge is 0.352 e. The van der Waals surface area contributed by atoms with Gasteiger partial charge in [0.1, 0.15) is 0 Å². The third-order valence-electron chi connectivity index (χ3n) is 0.827. The van der Waals surface area contributed by atoms with Crippen LogP contribution in [-0.4, -0.2) is 6.03 Å². The zero-order valence-corrected chi connectivity index (χ0v) is 8.70. The van der Waals surface area contributed by atoms with Crippen LogP contribution >= 0.6 is 34.8 Å². The lowest BCUT2D eigenvalue weighted by atomic mass is 10.4. The Morgan fingerprint density at radius 3 is 1.23 bits per heavy atom. The Bertz CT molecular complexity index is 249. The molecule has 0 atom stereocenters. The Morgan fingerprint density at radius 1 is 0.923 bits per heavy atom. The van der Waals surface area contributed by atoms with E-state index >= 15 is 0 Å². The molecule has 0 fully saturated rings. The predicted octanol–water partition coefficient (Wildman–Crippen LogP) is 2.67. The highest BCUT2D eigenvalue weighted by Crippen LogP contribution is 2.21. The van der Waals surface area contributed by atoms with E-state index in [-0.39, 0.29) is 0 Å². The van der Waals surface area contributed by atoms with E-state index in [0.29, 0.717) is 15.1 Å². The van der Waals surface area contributed by atoms with Crippen LogP contribution in [0.15, 0.2) is 18.2 Å². The Kier molecular flexibility index (Phi) is 5.62. The molecule has 4 N–H and O–H groups in total. The smallest absolute Gasteiger partial charge is 0.309 e. The van der Waals surface area contributed by atoms with E-state index in [2.05, 4.69) is 11.5 Å². The molecule has 0 saturated carbocycles. The van der Waals surface area contributed by atoms with Crippen LogP contribution in [0.5, 0.6) is 0 Å². The zero-order valence-electron chi connectivity index (χ0n) is 6.43. The fourth-order valence-corrected chi connectivity index (χ4v) is 1.39. The minimum absolute atomic E-state index is 0.563. The van der Waals surface area contributed by atoms with Gasteiger partial charge in [-0.15, -0.1) is 0 Å². The van der Waals surface area contributed by atoms with Gasteiger partial charge in [0.2, 0.25) is 0 Å². The van der Waals surface area contributed by atoms with Crippen molar-refractivity contribution in [2.45, 2.75) is 0 Å². The minimum Gasteiger partial charge on any atom is -0.352 e.